The summed E-state index contributed by atoms with van der Waals surface area (Å²) in [5.74, 6) is 0.904. The zero-order valence-corrected chi connectivity index (χ0v) is 13.2. The molecule has 1 aromatic rings. The number of likely N-dealkylation sites (N-methyl/N-ethyl adjacent to an activating group) is 1. The Balaban J connectivity index is 1.90. The van der Waals surface area contributed by atoms with Gasteiger partial charge in [0.25, 0.3) is 0 Å². The lowest BCUT2D eigenvalue weighted by molar-refractivity contribution is 0.00282. The van der Waals surface area contributed by atoms with Gasteiger partial charge in [-0.3, -0.25) is 0 Å². The van der Waals surface area contributed by atoms with Crippen LogP contribution < -0.4 is 0 Å². The maximum atomic E-state index is 3.69. The van der Waals surface area contributed by atoms with Crippen molar-refractivity contribution in [3.05, 3.63) is 33.8 Å². The number of rotatable bonds is 0. The van der Waals surface area contributed by atoms with E-state index in [1.54, 1.807) is 11.1 Å². The van der Waals surface area contributed by atoms with Crippen molar-refractivity contribution in [2.24, 2.45) is 5.92 Å². The third-order valence-electron chi connectivity index (χ3n) is 6.08. The SMILES string of the molecule is CN1CC[C@@]23CCCC[C@@H]2[C@@H]1Cc1ccc(Br)cc13. The molecule has 2 fully saturated rings. The number of likely N-dealkylation sites (tertiary alicyclic amines) is 1. The van der Waals surface area contributed by atoms with Gasteiger partial charge in [0.2, 0.25) is 0 Å². The van der Waals surface area contributed by atoms with Crippen molar-refractivity contribution in [3.63, 3.8) is 0 Å². The van der Waals surface area contributed by atoms with E-state index >= 15 is 0 Å². The first-order valence-corrected chi connectivity index (χ1v) is 8.49. The molecule has 3 atom stereocenters. The zero-order valence-electron chi connectivity index (χ0n) is 11.7. The van der Waals surface area contributed by atoms with E-state index in [1.165, 1.54) is 49.5 Å². The summed E-state index contributed by atoms with van der Waals surface area (Å²) in [5.41, 5.74) is 3.82. The van der Waals surface area contributed by atoms with Gasteiger partial charge in [-0.2, -0.15) is 0 Å². The van der Waals surface area contributed by atoms with E-state index in [9.17, 15) is 0 Å². The maximum Gasteiger partial charge on any atom is 0.0178 e. The van der Waals surface area contributed by atoms with Crippen LogP contribution in [0.25, 0.3) is 0 Å². The molecule has 1 heterocycles. The van der Waals surface area contributed by atoms with Crippen LogP contribution >= 0.6 is 15.9 Å². The van der Waals surface area contributed by atoms with Crippen LogP contribution in [0.1, 0.15) is 43.2 Å². The summed E-state index contributed by atoms with van der Waals surface area (Å²) in [5, 5.41) is 0. The van der Waals surface area contributed by atoms with Crippen LogP contribution in [-0.4, -0.2) is 24.5 Å². The average Bonchev–Trinajstić information content (AvgIpc) is 2.43. The number of hydrogen-bond acceptors (Lipinski definition) is 1. The lowest BCUT2D eigenvalue weighted by Crippen LogP contribution is -2.59. The molecule has 0 N–H and O–H groups in total. The Labute approximate surface area is 124 Å². The zero-order chi connectivity index (χ0) is 13.0. The summed E-state index contributed by atoms with van der Waals surface area (Å²) in [7, 11) is 2.34. The average molecular weight is 320 g/mol. The van der Waals surface area contributed by atoms with Crippen molar-refractivity contribution in [2.45, 2.75) is 50.0 Å². The molecule has 2 aliphatic carbocycles. The Morgan fingerprint density at radius 1 is 1.26 bits per heavy atom. The Morgan fingerprint density at radius 2 is 2.16 bits per heavy atom. The molecule has 1 saturated carbocycles. The van der Waals surface area contributed by atoms with Gasteiger partial charge in [0.05, 0.1) is 0 Å². The van der Waals surface area contributed by atoms with E-state index in [0.29, 0.717) is 5.41 Å². The van der Waals surface area contributed by atoms with Crippen LogP contribution in [0.15, 0.2) is 22.7 Å². The second-order valence-corrected chi connectivity index (χ2v) is 7.73. The van der Waals surface area contributed by atoms with Gasteiger partial charge in [-0.25, -0.2) is 0 Å². The van der Waals surface area contributed by atoms with Gasteiger partial charge in [-0.1, -0.05) is 34.8 Å². The van der Waals surface area contributed by atoms with E-state index in [0.717, 1.165) is 12.0 Å². The van der Waals surface area contributed by atoms with Crippen LogP contribution in [0, 0.1) is 5.92 Å². The van der Waals surface area contributed by atoms with Gasteiger partial charge in [-0.15, -0.1) is 0 Å². The van der Waals surface area contributed by atoms with Gasteiger partial charge < -0.3 is 4.90 Å². The Bertz CT molecular complexity index is 512. The molecule has 1 aromatic carbocycles. The normalized spacial score (nSPS) is 37.6. The molecule has 3 aliphatic rings. The predicted molar refractivity (Wildman–Crippen MR) is 82.5 cm³/mol. The summed E-state index contributed by atoms with van der Waals surface area (Å²) in [6, 6.07) is 7.84. The largest absolute Gasteiger partial charge is 0.303 e. The molecule has 2 bridgehead atoms. The monoisotopic (exact) mass is 319 g/mol. The number of hydrogen-bond donors (Lipinski definition) is 0. The molecule has 19 heavy (non-hydrogen) atoms. The van der Waals surface area contributed by atoms with Crippen molar-refractivity contribution >= 4 is 15.9 Å². The highest BCUT2D eigenvalue weighted by Crippen LogP contribution is 2.55. The Morgan fingerprint density at radius 3 is 3.05 bits per heavy atom. The highest BCUT2D eigenvalue weighted by molar-refractivity contribution is 9.10. The Kier molecular flexibility index (Phi) is 2.82. The van der Waals surface area contributed by atoms with E-state index < -0.39 is 0 Å². The number of piperidine rings is 1. The number of halogens is 1. The van der Waals surface area contributed by atoms with Crippen molar-refractivity contribution in [2.75, 3.05) is 13.6 Å². The molecule has 0 amide bonds. The number of benzene rings is 1. The molecule has 0 spiro atoms. The fourth-order valence-electron chi connectivity index (χ4n) is 5.17. The number of nitrogens with zero attached hydrogens (tertiary/aromatic N) is 1. The number of fused-ring (bicyclic) bond motifs is 1. The molecule has 2 heteroatoms. The van der Waals surface area contributed by atoms with Crippen molar-refractivity contribution in [1.82, 2.24) is 4.90 Å². The maximum absolute atomic E-state index is 3.69. The molecule has 0 aromatic heterocycles. The fourth-order valence-corrected chi connectivity index (χ4v) is 5.53. The van der Waals surface area contributed by atoms with E-state index in [2.05, 4.69) is 46.1 Å². The highest BCUT2D eigenvalue weighted by Gasteiger charge is 2.52. The minimum atomic E-state index is 0.507. The molecule has 102 valence electrons. The van der Waals surface area contributed by atoms with Crippen LogP contribution in [0.4, 0.5) is 0 Å². The highest BCUT2D eigenvalue weighted by atomic mass is 79.9. The van der Waals surface area contributed by atoms with Crippen LogP contribution in [0.3, 0.4) is 0 Å². The summed E-state index contributed by atoms with van der Waals surface area (Å²) in [6.07, 6.45) is 8.38. The molecule has 0 radical (unpaired) electrons. The fraction of sp³-hybridized carbons (Fsp3) is 0.647. The third kappa shape index (κ3) is 1.69. The van der Waals surface area contributed by atoms with Gasteiger partial charge in [0, 0.05) is 15.9 Å². The summed E-state index contributed by atoms with van der Waals surface area (Å²) in [6.45, 7) is 1.28. The lowest BCUT2D eigenvalue weighted by atomic mass is 9.52. The molecule has 1 aliphatic heterocycles. The molecule has 4 rings (SSSR count). The second kappa shape index (κ2) is 4.33. The van der Waals surface area contributed by atoms with Crippen molar-refractivity contribution in [3.8, 4) is 0 Å². The molecule has 1 nitrogen and oxygen atoms in total. The summed E-state index contributed by atoms with van der Waals surface area (Å²) < 4.78 is 1.27. The first kappa shape index (κ1) is 12.4. The Hall–Kier alpha value is -0.340. The van der Waals surface area contributed by atoms with E-state index in [-0.39, 0.29) is 0 Å². The van der Waals surface area contributed by atoms with Gasteiger partial charge in [0.15, 0.2) is 0 Å². The predicted octanol–water partition coefficient (Wildman–Crippen LogP) is 4.14. The minimum absolute atomic E-state index is 0.507. The van der Waals surface area contributed by atoms with Crippen molar-refractivity contribution in [1.29, 1.82) is 0 Å². The van der Waals surface area contributed by atoms with Crippen molar-refractivity contribution < 1.29 is 0 Å². The quantitative estimate of drug-likeness (QED) is 0.694. The van der Waals surface area contributed by atoms with Gasteiger partial charge in [0.1, 0.15) is 0 Å². The first-order chi connectivity index (χ1) is 9.21. The third-order valence-corrected chi connectivity index (χ3v) is 6.57. The molecule has 1 saturated heterocycles. The second-order valence-electron chi connectivity index (χ2n) is 6.81. The molecular weight excluding hydrogens is 298 g/mol. The van der Waals surface area contributed by atoms with Gasteiger partial charge in [-0.05, 0) is 68.5 Å². The standard InChI is InChI=1S/C17H22BrN/c1-19-9-8-17-7-3-2-4-14(17)16(19)10-12-5-6-13(18)11-15(12)17/h5-6,11,14,16H,2-4,7-10H2,1H3/t14-,16+,17+/m1/s1. The summed E-state index contributed by atoms with van der Waals surface area (Å²) in [4.78, 5) is 2.64. The molecule has 0 unspecified atom stereocenters. The van der Waals surface area contributed by atoms with E-state index in [4.69, 9.17) is 0 Å². The minimum Gasteiger partial charge on any atom is -0.303 e. The smallest absolute Gasteiger partial charge is 0.0178 e. The summed E-state index contributed by atoms with van der Waals surface area (Å²) >= 11 is 3.69. The van der Waals surface area contributed by atoms with Crippen LogP contribution in [0.2, 0.25) is 0 Å². The van der Waals surface area contributed by atoms with Gasteiger partial charge >= 0.3 is 0 Å². The topological polar surface area (TPSA) is 3.24 Å². The van der Waals surface area contributed by atoms with Crippen LogP contribution in [0.5, 0.6) is 0 Å². The first-order valence-electron chi connectivity index (χ1n) is 7.70. The van der Waals surface area contributed by atoms with E-state index in [1.807, 2.05) is 0 Å². The molecular formula is C17H22BrN. The van der Waals surface area contributed by atoms with Crippen LogP contribution in [-0.2, 0) is 11.8 Å². The lowest BCUT2D eigenvalue weighted by Gasteiger charge is -2.58.